The van der Waals surface area contributed by atoms with E-state index in [1.807, 2.05) is 24.3 Å². The van der Waals surface area contributed by atoms with E-state index in [-0.39, 0.29) is 11.4 Å². The van der Waals surface area contributed by atoms with Gasteiger partial charge in [0.15, 0.2) is 0 Å². The number of likely N-dealkylation sites (N-methyl/N-ethyl adjacent to an activating group) is 1. The topological polar surface area (TPSA) is 90.2 Å². The van der Waals surface area contributed by atoms with E-state index in [1.165, 1.54) is 5.56 Å². The van der Waals surface area contributed by atoms with Crippen LogP contribution in [0.4, 0.5) is 5.82 Å². The number of amides is 1. The number of carbonyl (C=O) groups is 1. The molecule has 0 fully saturated rings. The van der Waals surface area contributed by atoms with Crippen molar-refractivity contribution in [3.05, 3.63) is 71.8 Å². The molecule has 142 valence electrons. The second kappa shape index (κ2) is 7.32. The third-order valence-electron chi connectivity index (χ3n) is 5.04. The normalized spacial score (nSPS) is 11.5. The third-order valence-corrected chi connectivity index (χ3v) is 5.04. The molecule has 6 nitrogen and oxygen atoms in total. The van der Waals surface area contributed by atoms with Crippen LogP contribution in [0.1, 0.15) is 15.9 Å². The average molecular weight is 373 g/mol. The van der Waals surface area contributed by atoms with Crippen molar-refractivity contribution in [2.45, 2.75) is 13.1 Å². The molecule has 0 unspecified atom stereocenters. The fourth-order valence-corrected chi connectivity index (χ4v) is 3.64. The molecule has 0 saturated carbocycles. The zero-order valence-electron chi connectivity index (χ0n) is 15.8. The Balaban J connectivity index is 1.69. The van der Waals surface area contributed by atoms with Gasteiger partial charge in [0.25, 0.3) is 5.91 Å². The van der Waals surface area contributed by atoms with Crippen molar-refractivity contribution in [1.29, 1.82) is 0 Å². The van der Waals surface area contributed by atoms with E-state index in [0.29, 0.717) is 0 Å². The van der Waals surface area contributed by atoms with Crippen LogP contribution in [-0.2, 0) is 13.1 Å². The van der Waals surface area contributed by atoms with Crippen molar-refractivity contribution in [3.63, 3.8) is 0 Å². The Morgan fingerprint density at radius 3 is 2.54 bits per heavy atom. The fraction of sp³-hybridized carbons (Fsp3) is 0.182. The van der Waals surface area contributed by atoms with E-state index in [2.05, 4.69) is 51.8 Å². The predicted octanol–water partition coefficient (Wildman–Crippen LogP) is 3.00. The lowest BCUT2D eigenvalue weighted by molar-refractivity contribution is 0.100. The average Bonchev–Trinajstić information content (AvgIpc) is 2.99. The largest absolute Gasteiger partial charge is 0.383 e. The van der Waals surface area contributed by atoms with Gasteiger partial charge in [0, 0.05) is 30.4 Å². The molecule has 1 amide bonds. The summed E-state index contributed by atoms with van der Waals surface area (Å²) >= 11 is 0. The summed E-state index contributed by atoms with van der Waals surface area (Å²) in [6.07, 6.45) is 0. The summed E-state index contributed by atoms with van der Waals surface area (Å²) in [6.45, 7) is 2.48. The molecule has 0 spiro atoms. The number of pyridine rings is 1. The molecule has 2 heterocycles. The van der Waals surface area contributed by atoms with Crippen LogP contribution in [0, 0.1) is 0 Å². The lowest BCUT2D eigenvalue weighted by Gasteiger charge is -2.18. The van der Waals surface area contributed by atoms with Crippen molar-refractivity contribution in [1.82, 2.24) is 14.5 Å². The number of para-hydroxylation sites is 1. The molecule has 4 aromatic rings. The second-order valence-electron chi connectivity index (χ2n) is 7.05. The Bertz CT molecular complexity index is 1150. The molecule has 4 rings (SSSR count). The number of carbonyl (C=O) groups excluding carboxylic acids is 1. The Labute approximate surface area is 163 Å². The summed E-state index contributed by atoms with van der Waals surface area (Å²) in [5.74, 6) is -0.395. The van der Waals surface area contributed by atoms with Gasteiger partial charge in [-0.25, -0.2) is 4.98 Å². The molecule has 0 bridgehead atoms. The predicted molar refractivity (Wildman–Crippen MR) is 113 cm³/mol. The minimum absolute atomic E-state index is 0.168. The molecule has 0 aliphatic heterocycles. The Morgan fingerprint density at radius 2 is 1.79 bits per heavy atom. The Hall–Kier alpha value is -3.38. The molecule has 4 N–H and O–H groups in total. The summed E-state index contributed by atoms with van der Waals surface area (Å²) in [6, 6.07) is 20.2. The highest BCUT2D eigenvalue weighted by atomic mass is 16.1. The Morgan fingerprint density at radius 1 is 1.07 bits per heavy atom. The van der Waals surface area contributed by atoms with E-state index in [9.17, 15) is 4.79 Å². The third kappa shape index (κ3) is 3.30. The quantitative estimate of drug-likeness (QED) is 0.544. The lowest BCUT2D eigenvalue weighted by Crippen LogP contribution is -2.23. The molecule has 0 radical (unpaired) electrons. The first-order chi connectivity index (χ1) is 13.5. The number of hydrogen-bond acceptors (Lipinski definition) is 4. The van der Waals surface area contributed by atoms with Gasteiger partial charge in [-0.2, -0.15) is 0 Å². The van der Waals surface area contributed by atoms with Crippen LogP contribution in [0.15, 0.2) is 60.7 Å². The number of benzene rings is 2. The first-order valence-corrected chi connectivity index (χ1v) is 9.24. The monoisotopic (exact) mass is 373 g/mol. The van der Waals surface area contributed by atoms with Gasteiger partial charge in [0.05, 0.1) is 11.1 Å². The summed E-state index contributed by atoms with van der Waals surface area (Å²) in [7, 11) is 2.11. The van der Waals surface area contributed by atoms with Crippen LogP contribution in [-0.4, -0.2) is 34.0 Å². The molecular formula is C22H23N5O. The summed E-state index contributed by atoms with van der Waals surface area (Å²) in [5.41, 5.74) is 14.8. The van der Waals surface area contributed by atoms with Gasteiger partial charge in [-0.05, 0) is 24.7 Å². The highest BCUT2D eigenvalue weighted by Gasteiger charge is 2.16. The summed E-state index contributed by atoms with van der Waals surface area (Å²) in [5, 5.41) is 1.93. The molecule has 2 aromatic carbocycles. The minimum atomic E-state index is -0.564. The van der Waals surface area contributed by atoms with E-state index >= 15 is 0 Å². The van der Waals surface area contributed by atoms with E-state index in [0.717, 1.165) is 41.6 Å². The molecule has 6 heteroatoms. The first kappa shape index (κ1) is 18.0. The number of anilines is 1. The van der Waals surface area contributed by atoms with Crippen LogP contribution in [0.3, 0.4) is 0 Å². The molecule has 0 atom stereocenters. The van der Waals surface area contributed by atoms with Crippen LogP contribution in [0.25, 0.3) is 21.9 Å². The number of nitrogens with zero attached hydrogens (tertiary/aromatic N) is 3. The van der Waals surface area contributed by atoms with Crippen LogP contribution < -0.4 is 11.5 Å². The SMILES string of the molecule is CN(CCn1c2ccccc2c2cc(C(N)=O)c(N)nc21)Cc1ccccc1. The second-order valence-corrected chi connectivity index (χ2v) is 7.05. The van der Waals surface area contributed by atoms with Crippen molar-refractivity contribution >= 4 is 33.7 Å². The molecule has 2 aromatic heterocycles. The van der Waals surface area contributed by atoms with Gasteiger partial charge >= 0.3 is 0 Å². The summed E-state index contributed by atoms with van der Waals surface area (Å²) < 4.78 is 2.16. The van der Waals surface area contributed by atoms with Crippen molar-refractivity contribution in [3.8, 4) is 0 Å². The number of hydrogen-bond donors (Lipinski definition) is 2. The number of fused-ring (bicyclic) bond motifs is 3. The maximum absolute atomic E-state index is 11.7. The van der Waals surface area contributed by atoms with Crippen LogP contribution in [0.5, 0.6) is 0 Å². The highest BCUT2D eigenvalue weighted by molar-refractivity contribution is 6.10. The Kier molecular flexibility index (Phi) is 4.71. The van der Waals surface area contributed by atoms with Gasteiger partial charge in [-0.3, -0.25) is 4.79 Å². The van der Waals surface area contributed by atoms with Crippen LogP contribution in [0.2, 0.25) is 0 Å². The van der Waals surface area contributed by atoms with Crippen molar-refractivity contribution in [2.75, 3.05) is 19.3 Å². The van der Waals surface area contributed by atoms with E-state index in [4.69, 9.17) is 11.5 Å². The molecule has 0 aliphatic carbocycles. The number of rotatable bonds is 6. The van der Waals surface area contributed by atoms with Crippen molar-refractivity contribution in [2.24, 2.45) is 5.73 Å². The van der Waals surface area contributed by atoms with Crippen LogP contribution >= 0.6 is 0 Å². The minimum Gasteiger partial charge on any atom is -0.383 e. The smallest absolute Gasteiger partial charge is 0.252 e. The number of nitrogens with two attached hydrogens (primary N) is 2. The lowest BCUT2D eigenvalue weighted by atomic mass is 10.1. The molecule has 0 saturated heterocycles. The van der Waals surface area contributed by atoms with Gasteiger partial charge in [-0.15, -0.1) is 0 Å². The first-order valence-electron chi connectivity index (χ1n) is 9.24. The van der Waals surface area contributed by atoms with Gasteiger partial charge < -0.3 is 20.9 Å². The summed E-state index contributed by atoms with van der Waals surface area (Å²) in [4.78, 5) is 18.5. The van der Waals surface area contributed by atoms with Gasteiger partial charge in [-0.1, -0.05) is 48.5 Å². The standard InChI is InChI=1S/C22H23N5O/c1-26(14-15-7-3-2-4-8-15)11-12-27-19-10-6-5-9-16(19)17-13-18(21(24)28)20(23)25-22(17)27/h2-10,13H,11-12,14H2,1H3,(H2,23,25)(H2,24,28). The number of nitrogen functional groups attached to an aromatic ring is 1. The van der Waals surface area contributed by atoms with Gasteiger partial charge in [0.1, 0.15) is 11.5 Å². The molecular weight excluding hydrogens is 350 g/mol. The van der Waals surface area contributed by atoms with E-state index < -0.39 is 5.91 Å². The zero-order valence-corrected chi connectivity index (χ0v) is 15.8. The van der Waals surface area contributed by atoms with Crippen molar-refractivity contribution < 1.29 is 4.79 Å². The fourth-order valence-electron chi connectivity index (χ4n) is 3.64. The van der Waals surface area contributed by atoms with Gasteiger partial charge in [0.2, 0.25) is 0 Å². The van der Waals surface area contributed by atoms with E-state index in [1.54, 1.807) is 6.07 Å². The zero-order chi connectivity index (χ0) is 19.7. The molecule has 28 heavy (non-hydrogen) atoms. The number of aromatic nitrogens is 2. The maximum Gasteiger partial charge on any atom is 0.252 e. The highest BCUT2D eigenvalue weighted by Crippen LogP contribution is 2.30. The maximum atomic E-state index is 11.7. The number of primary amides is 1. The molecule has 0 aliphatic rings.